The van der Waals surface area contributed by atoms with Crippen molar-refractivity contribution in [1.29, 1.82) is 0 Å². The Kier molecular flexibility index (Phi) is 5.05. The lowest BCUT2D eigenvalue weighted by atomic mass is 9.93. The summed E-state index contributed by atoms with van der Waals surface area (Å²) in [5, 5.41) is 10.6. The summed E-state index contributed by atoms with van der Waals surface area (Å²) in [7, 11) is 0. The van der Waals surface area contributed by atoms with Crippen LogP contribution in [-0.2, 0) is 6.42 Å². The molecule has 2 atom stereocenters. The van der Waals surface area contributed by atoms with Crippen LogP contribution < -0.4 is 4.90 Å². The predicted octanol–water partition coefficient (Wildman–Crippen LogP) is 3.07. The van der Waals surface area contributed by atoms with E-state index in [1.54, 1.807) is 6.07 Å². The number of carboxylic acids is 1. The second-order valence-corrected chi connectivity index (χ2v) is 9.20. The largest absolute Gasteiger partial charge is 0.476 e. The number of likely N-dealkylation sites (tertiary alicyclic amines) is 1. The molecule has 162 valence electrons. The van der Waals surface area contributed by atoms with Crippen molar-refractivity contribution in [2.45, 2.75) is 32.2 Å². The van der Waals surface area contributed by atoms with Crippen molar-refractivity contribution in [1.82, 2.24) is 24.8 Å². The molecule has 0 aromatic carbocycles. The number of aromatic nitrogens is 4. The molecule has 0 radical (unpaired) electrons. The number of fused-ring (bicyclic) bond motifs is 2. The van der Waals surface area contributed by atoms with Crippen LogP contribution in [-0.4, -0.2) is 67.5 Å². The van der Waals surface area contributed by atoms with Crippen LogP contribution in [0.25, 0.3) is 10.2 Å². The summed E-state index contributed by atoms with van der Waals surface area (Å²) in [5.41, 5.74) is 1.47. The molecule has 11 heteroatoms. The molecule has 2 aliphatic heterocycles. The van der Waals surface area contributed by atoms with Gasteiger partial charge < -0.3 is 19.9 Å². The summed E-state index contributed by atoms with van der Waals surface area (Å²) in [6.45, 7) is 4.18. The van der Waals surface area contributed by atoms with Gasteiger partial charge in [-0.05, 0) is 31.2 Å². The maximum Gasteiger partial charge on any atom is 0.356 e. The topological polar surface area (TPSA) is 115 Å². The van der Waals surface area contributed by atoms with Crippen LogP contribution in [0.15, 0.2) is 12.3 Å². The van der Waals surface area contributed by atoms with Gasteiger partial charge in [0.1, 0.15) is 0 Å². The van der Waals surface area contributed by atoms with Crippen molar-refractivity contribution in [2.24, 2.45) is 5.92 Å². The van der Waals surface area contributed by atoms with Gasteiger partial charge in [-0.3, -0.25) is 4.79 Å². The monoisotopic (exact) mass is 460 g/mol. The third-order valence-electron chi connectivity index (χ3n) is 6.15. The van der Waals surface area contributed by atoms with Crippen molar-refractivity contribution in [2.75, 3.05) is 24.5 Å². The third-order valence-corrected chi connectivity index (χ3v) is 7.60. The first-order valence-electron chi connectivity index (χ1n) is 10.3. The van der Waals surface area contributed by atoms with E-state index in [2.05, 4.69) is 24.8 Å². The highest BCUT2D eigenvalue weighted by molar-refractivity contribution is 7.22. The molecule has 2 fully saturated rings. The zero-order chi connectivity index (χ0) is 21.7. The van der Waals surface area contributed by atoms with Crippen molar-refractivity contribution in [3.05, 3.63) is 34.6 Å². The molecule has 0 aliphatic carbocycles. The van der Waals surface area contributed by atoms with Gasteiger partial charge in [-0.15, -0.1) is 0 Å². The Balaban J connectivity index is 1.33. The molecule has 31 heavy (non-hydrogen) atoms. The molecule has 1 amide bonds. The van der Waals surface area contributed by atoms with Gasteiger partial charge in [-0.1, -0.05) is 29.9 Å². The third kappa shape index (κ3) is 3.43. The highest BCUT2D eigenvalue weighted by atomic mass is 35.5. The van der Waals surface area contributed by atoms with Gasteiger partial charge in [0.25, 0.3) is 5.91 Å². The van der Waals surface area contributed by atoms with Crippen LogP contribution in [0, 0.1) is 5.92 Å². The highest BCUT2D eigenvalue weighted by Gasteiger charge is 2.42. The van der Waals surface area contributed by atoms with E-state index in [0.717, 1.165) is 36.8 Å². The lowest BCUT2D eigenvalue weighted by Crippen LogP contribution is -2.47. The molecular formula is C20H21ClN6O3S. The predicted molar refractivity (Wildman–Crippen MR) is 117 cm³/mol. The lowest BCUT2D eigenvalue weighted by Gasteiger charge is -2.37. The molecule has 3 aromatic rings. The second-order valence-electron chi connectivity index (χ2n) is 7.87. The molecule has 2 aliphatic rings. The highest BCUT2D eigenvalue weighted by Crippen LogP contribution is 2.37. The fourth-order valence-corrected chi connectivity index (χ4v) is 5.94. The Labute approximate surface area is 187 Å². The van der Waals surface area contributed by atoms with Gasteiger partial charge in [0.05, 0.1) is 15.9 Å². The number of carboxylic acid groups (broad SMARTS) is 1. The van der Waals surface area contributed by atoms with Gasteiger partial charge in [0.15, 0.2) is 21.8 Å². The SMILES string of the molecule is CCc1[nH]c(C(=O)N2CC[C@H]3CN(c4nc5ccnc(C(=O)O)c5s4)CC[C@H]32)nc1Cl. The van der Waals surface area contributed by atoms with E-state index in [1.807, 2.05) is 11.8 Å². The summed E-state index contributed by atoms with van der Waals surface area (Å²) in [6, 6.07) is 1.90. The molecule has 0 bridgehead atoms. The van der Waals surface area contributed by atoms with E-state index < -0.39 is 5.97 Å². The number of amides is 1. The Morgan fingerprint density at radius 2 is 2.16 bits per heavy atom. The van der Waals surface area contributed by atoms with Crippen LogP contribution in [0.4, 0.5) is 5.13 Å². The van der Waals surface area contributed by atoms with E-state index in [9.17, 15) is 14.7 Å². The number of thiazole rings is 1. The first-order valence-corrected chi connectivity index (χ1v) is 11.4. The summed E-state index contributed by atoms with van der Waals surface area (Å²) >= 11 is 7.48. The van der Waals surface area contributed by atoms with Crippen LogP contribution in [0.2, 0.25) is 5.15 Å². The number of aromatic amines is 1. The lowest BCUT2D eigenvalue weighted by molar-refractivity contribution is 0.0684. The number of carbonyl (C=O) groups excluding carboxylic acids is 1. The van der Waals surface area contributed by atoms with Crippen LogP contribution in [0.3, 0.4) is 0 Å². The fourth-order valence-electron chi connectivity index (χ4n) is 4.60. The zero-order valence-corrected chi connectivity index (χ0v) is 18.4. The van der Waals surface area contributed by atoms with E-state index in [-0.39, 0.29) is 17.6 Å². The maximum atomic E-state index is 13.0. The van der Waals surface area contributed by atoms with Gasteiger partial charge in [0, 0.05) is 31.9 Å². The minimum atomic E-state index is -1.05. The number of nitrogens with one attached hydrogen (secondary N) is 1. The van der Waals surface area contributed by atoms with Crippen molar-refractivity contribution in [3.63, 3.8) is 0 Å². The van der Waals surface area contributed by atoms with Crippen molar-refractivity contribution >= 4 is 50.2 Å². The number of rotatable bonds is 4. The number of pyridine rings is 1. The van der Waals surface area contributed by atoms with Crippen molar-refractivity contribution < 1.29 is 14.7 Å². The van der Waals surface area contributed by atoms with Gasteiger partial charge >= 0.3 is 5.97 Å². The minimum Gasteiger partial charge on any atom is -0.476 e. The van der Waals surface area contributed by atoms with E-state index in [0.29, 0.717) is 40.1 Å². The first kappa shape index (κ1) is 20.2. The fraction of sp³-hybridized carbons (Fsp3) is 0.450. The van der Waals surface area contributed by atoms with Crippen LogP contribution in [0.1, 0.15) is 46.6 Å². The minimum absolute atomic E-state index is 0.0392. The Morgan fingerprint density at radius 3 is 2.90 bits per heavy atom. The van der Waals surface area contributed by atoms with Gasteiger partial charge in [0.2, 0.25) is 0 Å². The molecule has 5 heterocycles. The number of imidazole rings is 1. The van der Waals surface area contributed by atoms with E-state index in [4.69, 9.17) is 11.6 Å². The molecular weight excluding hydrogens is 440 g/mol. The molecule has 2 N–H and O–H groups in total. The van der Waals surface area contributed by atoms with Crippen molar-refractivity contribution in [3.8, 4) is 0 Å². The second kappa shape index (κ2) is 7.76. The first-order chi connectivity index (χ1) is 15.0. The smallest absolute Gasteiger partial charge is 0.356 e. The Hall–Kier alpha value is -2.72. The number of H-pyrrole nitrogens is 1. The zero-order valence-electron chi connectivity index (χ0n) is 16.8. The van der Waals surface area contributed by atoms with Gasteiger partial charge in [-0.2, -0.15) is 0 Å². The molecule has 0 spiro atoms. The summed E-state index contributed by atoms with van der Waals surface area (Å²) in [5.74, 6) is -0.504. The standard InChI is InChI=1S/C20H21ClN6O3S/c1-2-11-16(21)25-17(23-11)18(28)27-8-4-10-9-26(7-5-13(10)27)20-24-12-3-6-22-14(19(29)30)15(12)31-20/h3,6,10,13H,2,4-5,7-9H2,1H3,(H,23,25)(H,29,30)/t10-,13+/m0/s1. The van der Waals surface area contributed by atoms with Crippen LogP contribution >= 0.6 is 22.9 Å². The Morgan fingerprint density at radius 1 is 1.32 bits per heavy atom. The number of hydrogen-bond acceptors (Lipinski definition) is 7. The number of piperidine rings is 1. The number of carbonyl (C=O) groups is 2. The summed E-state index contributed by atoms with van der Waals surface area (Å²) < 4.78 is 0.594. The number of nitrogens with zero attached hydrogens (tertiary/aromatic N) is 5. The molecule has 5 rings (SSSR count). The molecule has 0 saturated carbocycles. The maximum absolute atomic E-state index is 13.0. The average Bonchev–Trinajstić information content (AvgIpc) is 3.48. The molecule has 2 saturated heterocycles. The number of halogens is 1. The molecule has 9 nitrogen and oxygen atoms in total. The summed E-state index contributed by atoms with van der Waals surface area (Å²) in [6.07, 6.45) is 3.91. The van der Waals surface area contributed by atoms with Gasteiger partial charge in [-0.25, -0.2) is 19.7 Å². The number of aromatic carboxylic acids is 1. The normalized spacial score (nSPS) is 21.0. The quantitative estimate of drug-likeness (QED) is 0.614. The molecule has 0 unspecified atom stereocenters. The number of hydrogen-bond donors (Lipinski definition) is 2. The summed E-state index contributed by atoms with van der Waals surface area (Å²) in [4.78, 5) is 44.5. The number of anilines is 1. The Bertz CT molecular complexity index is 1180. The van der Waals surface area contributed by atoms with E-state index in [1.165, 1.54) is 17.5 Å². The number of aryl methyl sites for hydroxylation is 1. The van der Waals surface area contributed by atoms with Crippen LogP contribution in [0.5, 0.6) is 0 Å². The average molecular weight is 461 g/mol. The van der Waals surface area contributed by atoms with E-state index >= 15 is 0 Å². The molecule has 3 aromatic heterocycles.